The largest absolute Gasteiger partial charge is 0.531 e. The van der Waals surface area contributed by atoms with Gasteiger partial charge in [0, 0.05) is 0 Å². The molecule has 0 spiro atoms. The third-order valence-electron chi connectivity index (χ3n) is 0.667. The van der Waals surface area contributed by atoms with Crippen LogP contribution in [-0.4, -0.2) is 12.1 Å². The van der Waals surface area contributed by atoms with Crippen molar-refractivity contribution in [2.45, 2.75) is 20.7 Å². The van der Waals surface area contributed by atoms with E-state index in [9.17, 15) is 0 Å². The van der Waals surface area contributed by atoms with Crippen LogP contribution < -0.4 is 0 Å². The SMILES string of the molecule is CB(O)OC(Br)=C(C)C. The van der Waals surface area contributed by atoms with Crippen molar-refractivity contribution in [1.29, 1.82) is 0 Å². The Morgan fingerprint density at radius 1 is 1.56 bits per heavy atom. The summed E-state index contributed by atoms with van der Waals surface area (Å²) < 4.78 is 5.47. The Morgan fingerprint density at radius 3 is 2.11 bits per heavy atom. The van der Waals surface area contributed by atoms with Crippen LogP contribution in [0.1, 0.15) is 13.8 Å². The van der Waals surface area contributed by atoms with Gasteiger partial charge in [0.1, 0.15) is 4.67 Å². The summed E-state index contributed by atoms with van der Waals surface area (Å²) in [6, 6.07) is 0. The molecule has 0 aromatic carbocycles. The molecule has 0 aliphatic rings. The average molecular weight is 193 g/mol. The third kappa shape index (κ3) is 4.54. The van der Waals surface area contributed by atoms with Crippen molar-refractivity contribution in [3.63, 3.8) is 0 Å². The monoisotopic (exact) mass is 192 g/mol. The average Bonchev–Trinajstić information content (AvgIpc) is 1.63. The normalized spacial score (nSPS) is 8.56. The van der Waals surface area contributed by atoms with E-state index < -0.39 is 7.12 Å². The van der Waals surface area contributed by atoms with Gasteiger partial charge in [-0.05, 0) is 42.2 Å². The minimum absolute atomic E-state index is 0.609. The molecular formula is C5H10BBrO2. The van der Waals surface area contributed by atoms with Gasteiger partial charge in [0.2, 0.25) is 0 Å². The molecule has 0 heterocycles. The first-order valence-corrected chi connectivity index (χ1v) is 3.51. The van der Waals surface area contributed by atoms with Crippen molar-refractivity contribution < 1.29 is 9.68 Å². The fourth-order valence-corrected chi connectivity index (χ4v) is 0.538. The summed E-state index contributed by atoms with van der Waals surface area (Å²) in [5.74, 6) is 0. The molecule has 0 aliphatic carbocycles. The van der Waals surface area contributed by atoms with E-state index in [1.165, 1.54) is 0 Å². The van der Waals surface area contributed by atoms with Crippen molar-refractivity contribution >= 4 is 23.0 Å². The zero-order valence-electron chi connectivity index (χ0n) is 5.81. The van der Waals surface area contributed by atoms with Gasteiger partial charge in [0.25, 0.3) is 0 Å². The summed E-state index contributed by atoms with van der Waals surface area (Å²) in [4.78, 5) is 0. The molecule has 0 atom stereocenters. The predicted molar refractivity (Wildman–Crippen MR) is 42.2 cm³/mol. The van der Waals surface area contributed by atoms with Crippen LogP contribution in [0.2, 0.25) is 6.82 Å². The Bertz CT molecular complexity index is 118. The van der Waals surface area contributed by atoms with Crippen LogP contribution in [-0.2, 0) is 4.65 Å². The topological polar surface area (TPSA) is 29.5 Å². The molecule has 0 aliphatic heterocycles. The number of allylic oxidation sites excluding steroid dienone is 1. The van der Waals surface area contributed by atoms with Crippen LogP contribution in [0.15, 0.2) is 10.2 Å². The zero-order valence-corrected chi connectivity index (χ0v) is 7.40. The van der Waals surface area contributed by atoms with Crippen LogP contribution >= 0.6 is 15.9 Å². The van der Waals surface area contributed by atoms with Gasteiger partial charge >= 0.3 is 7.12 Å². The quantitative estimate of drug-likeness (QED) is 0.534. The van der Waals surface area contributed by atoms with E-state index in [-0.39, 0.29) is 0 Å². The smallest absolute Gasteiger partial charge is 0.519 e. The minimum atomic E-state index is -0.741. The Hall–Kier alpha value is 0.0449. The molecule has 0 aromatic heterocycles. The molecule has 4 heteroatoms. The molecule has 0 bridgehead atoms. The second-order valence-electron chi connectivity index (χ2n) is 1.99. The fraction of sp³-hybridized carbons (Fsp3) is 0.600. The lowest BCUT2D eigenvalue weighted by atomic mass is 9.97. The highest BCUT2D eigenvalue weighted by atomic mass is 79.9. The van der Waals surface area contributed by atoms with Gasteiger partial charge in [-0.1, -0.05) is 0 Å². The second-order valence-corrected chi connectivity index (χ2v) is 2.71. The first-order chi connectivity index (χ1) is 4.04. The van der Waals surface area contributed by atoms with E-state index in [1.54, 1.807) is 6.82 Å². The van der Waals surface area contributed by atoms with Crippen molar-refractivity contribution in [2.75, 3.05) is 0 Å². The number of hydrogen-bond donors (Lipinski definition) is 1. The van der Waals surface area contributed by atoms with Crippen LogP contribution in [0.5, 0.6) is 0 Å². The van der Waals surface area contributed by atoms with Crippen molar-refractivity contribution in [2.24, 2.45) is 0 Å². The number of rotatable bonds is 2. The van der Waals surface area contributed by atoms with E-state index >= 15 is 0 Å². The standard InChI is InChI=1S/C5H10BBrO2/c1-4(2)5(7)9-6(3)8/h8H,1-3H3. The lowest BCUT2D eigenvalue weighted by Crippen LogP contribution is -2.09. The lowest BCUT2D eigenvalue weighted by molar-refractivity contribution is 0.368. The molecule has 0 unspecified atom stereocenters. The molecule has 0 amide bonds. The van der Waals surface area contributed by atoms with Gasteiger partial charge in [-0.3, -0.25) is 0 Å². The molecule has 0 saturated carbocycles. The molecule has 0 aromatic rings. The molecular weight excluding hydrogens is 183 g/mol. The summed E-state index contributed by atoms with van der Waals surface area (Å²) in [6.07, 6.45) is 0. The Labute approximate surface area is 64.2 Å². The fourth-order valence-electron chi connectivity index (χ4n) is 0.268. The summed E-state index contributed by atoms with van der Waals surface area (Å²) >= 11 is 3.14. The van der Waals surface area contributed by atoms with E-state index in [0.29, 0.717) is 4.67 Å². The number of hydrogen-bond acceptors (Lipinski definition) is 2. The van der Waals surface area contributed by atoms with Gasteiger partial charge < -0.3 is 9.68 Å². The zero-order chi connectivity index (χ0) is 7.44. The van der Waals surface area contributed by atoms with Gasteiger partial charge in [-0.2, -0.15) is 0 Å². The number of halogens is 1. The first kappa shape index (κ1) is 9.04. The highest BCUT2D eigenvalue weighted by Gasteiger charge is 2.05. The van der Waals surface area contributed by atoms with Crippen molar-refractivity contribution in [1.82, 2.24) is 0 Å². The maximum Gasteiger partial charge on any atom is 0.519 e. The predicted octanol–water partition coefficient (Wildman–Crippen LogP) is 1.76. The second kappa shape index (κ2) is 3.96. The summed E-state index contributed by atoms with van der Waals surface area (Å²) in [6.45, 7) is 5.35. The molecule has 0 saturated heterocycles. The van der Waals surface area contributed by atoms with E-state index in [1.807, 2.05) is 13.8 Å². The summed E-state index contributed by atoms with van der Waals surface area (Å²) in [5.41, 5.74) is 1.01. The third-order valence-corrected chi connectivity index (χ3v) is 1.65. The molecule has 0 radical (unpaired) electrons. The molecule has 0 rings (SSSR count). The van der Waals surface area contributed by atoms with Crippen LogP contribution in [0.25, 0.3) is 0 Å². The maximum absolute atomic E-state index is 8.69. The first-order valence-electron chi connectivity index (χ1n) is 2.71. The van der Waals surface area contributed by atoms with Gasteiger partial charge in [0.15, 0.2) is 0 Å². The summed E-state index contributed by atoms with van der Waals surface area (Å²) in [5, 5.41) is 8.69. The Balaban J connectivity index is 3.77. The minimum Gasteiger partial charge on any atom is -0.531 e. The van der Waals surface area contributed by atoms with Crippen LogP contribution in [0.3, 0.4) is 0 Å². The molecule has 1 N–H and O–H groups in total. The molecule has 52 valence electrons. The van der Waals surface area contributed by atoms with Gasteiger partial charge in [0.05, 0.1) is 0 Å². The van der Waals surface area contributed by atoms with E-state index in [4.69, 9.17) is 9.68 Å². The molecule has 9 heavy (non-hydrogen) atoms. The Morgan fingerprint density at radius 2 is 2.00 bits per heavy atom. The van der Waals surface area contributed by atoms with Crippen molar-refractivity contribution in [3.8, 4) is 0 Å². The van der Waals surface area contributed by atoms with Crippen LogP contribution in [0, 0.1) is 0 Å². The van der Waals surface area contributed by atoms with Gasteiger partial charge in [-0.25, -0.2) is 0 Å². The molecule has 0 fully saturated rings. The highest BCUT2D eigenvalue weighted by Crippen LogP contribution is 2.12. The highest BCUT2D eigenvalue weighted by molar-refractivity contribution is 9.11. The lowest BCUT2D eigenvalue weighted by Gasteiger charge is -2.04. The summed E-state index contributed by atoms with van der Waals surface area (Å²) in [7, 11) is -0.741. The van der Waals surface area contributed by atoms with Crippen molar-refractivity contribution in [3.05, 3.63) is 10.2 Å². The van der Waals surface area contributed by atoms with E-state index in [2.05, 4.69) is 15.9 Å². The Kier molecular flexibility index (Phi) is 3.98. The van der Waals surface area contributed by atoms with Crippen LogP contribution in [0.4, 0.5) is 0 Å². The van der Waals surface area contributed by atoms with E-state index in [0.717, 1.165) is 5.57 Å². The molecule has 2 nitrogen and oxygen atoms in total. The maximum atomic E-state index is 8.69. The van der Waals surface area contributed by atoms with Gasteiger partial charge in [-0.15, -0.1) is 0 Å².